The fourth-order valence-corrected chi connectivity index (χ4v) is 2.41. The first kappa shape index (κ1) is 16.0. The summed E-state index contributed by atoms with van der Waals surface area (Å²) in [5.74, 6) is 2.09. The van der Waals surface area contributed by atoms with Crippen LogP contribution in [0.2, 0.25) is 0 Å². The predicted molar refractivity (Wildman–Crippen MR) is 85.5 cm³/mol. The first-order valence-corrected chi connectivity index (χ1v) is 8.25. The Hall–Kier alpha value is -1.33. The Labute approximate surface area is 130 Å². The maximum atomic E-state index is 5.68. The summed E-state index contributed by atoms with van der Waals surface area (Å²) in [6, 6.07) is 8.00. The van der Waals surface area contributed by atoms with E-state index in [0.29, 0.717) is 23.6 Å². The maximum Gasteiger partial charge on any atom is 0.276 e. The number of benzene rings is 1. The number of ether oxygens (including phenoxy) is 1. The molecular weight excluding hydrogens is 284 g/mol. The van der Waals surface area contributed by atoms with Gasteiger partial charge >= 0.3 is 0 Å². The van der Waals surface area contributed by atoms with E-state index in [1.807, 2.05) is 31.2 Å². The second kappa shape index (κ2) is 8.20. The SMILES string of the molecule is Cc1ccccc1-c1nnc(SCCOCCC(C)C)o1. The minimum absolute atomic E-state index is 0.580. The highest BCUT2D eigenvalue weighted by Gasteiger charge is 2.10. The van der Waals surface area contributed by atoms with E-state index in [1.165, 1.54) is 11.8 Å². The highest BCUT2D eigenvalue weighted by atomic mass is 32.2. The standard InChI is InChI=1S/C16H22N2O2S/c1-12(2)8-9-19-10-11-21-16-18-17-15(20-16)14-7-5-4-6-13(14)3/h4-7,12H,8-11H2,1-3H3. The Kier molecular flexibility index (Phi) is 6.26. The molecule has 21 heavy (non-hydrogen) atoms. The predicted octanol–water partition coefficient (Wildman–Crippen LogP) is 4.20. The molecule has 0 aliphatic heterocycles. The van der Waals surface area contributed by atoms with Gasteiger partial charge in [0.05, 0.1) is 6.61 Å². The van der Waals surface area contributed by atoms with Gasteiger partial charge in [0.25, 0.3) is 5.22 Å². The van der Waals surface area contributed by atoms with E-state index in [1.54, 1.807) is 0 Å². The molecule has 0 aliphatic carbocycles. The Morgan fingerprint density at radius 1 is 1.19 bits per heavy atom. The number of thioether (sulfide) groups is 1. The molecule has 0 spiro atoms. The summed E-state index contributed by atoms with van der Waals surface area (Å²) in [5, 5.41) is 8.78. The molecule has 0 saturated heterocycles. The van der Waals surface area contributed by atoms with Crippen molar-refractivity contribution in [3.63, 3.8) is 0 Å². The molecule has 2 rings (SSSR count). The zero-order valence-corrected chi connectivity index (χ0v) is 13.7. The minimum atomic E-state index is 0.580. The van der Waals surface area contributed by atoms with Gasteiger partial charge in [0.1, 0.15) is 0 Å². The Bertz CT molecular complexity index is 555. The van der Waals surface area contributed by atoms with Gasteiger partial charge in [0, 0.05) is 17.9 Å². The summed E-state index contributed by atoms with van der Waals surface area (Å²) in [4.78, 5) is 0. The van der Waals surface area contributed by atoms with Crippen LogP contribution in [0.15, 0.2) is 33.9 Å². The summed E-state index contributed by atoms with van der Waals surface area (Å²) in [7, 11) is 0. The molecule has 0 N–H and O–H groups in total. The van der Waals surface area contributed by atoms with Crippen LogP contribution in [0, 0.1) is 12.8 Å². The number of nitrogens with zero attached hydrogens (tertiary/aromatic N) is 2. The lowest BCUT2D eigenvalue weighted by atomic mass is 10.1. The number of hydrogen-bond acceptors (Lipinski definition) is 5. The van der Waals surface area contributed by atoms with Crippen LogP contribution in [-0.2, 0) is 4.74 Å². The van der Waals surface area contributed by atoms with Crippen molar-refractivity contribution in [3.05, 3.63) is 29.8 Å². The Morgan fingerprint density at radius 2 is 2.00 bits per heavy atom. The van der Waals surface area contributed by atoms with Crippen LogP contribution in [0.1, 0.15) is 25.8 Å². The average molecular weight is 306 g/mol. The van der Waals surface area contributed by atoms with Crippen molar-refractivity contribution in [2.24, 2.45) is 5.92 Å². The van der Waals surface area contributed by atoms with E-state index < -0.39 is 0 Å². The fourth-order valence-electron chi connectivity index (χ4n) is 1.80. The minimum Gasteiger partial charge on any atom is -0.411 e. The smallest absolute Gasteiger partial charge is 0.276 e. The molecule has 0 amide bonds. The summed E-state index contributed by atoms with van der Waals surface area (Å²) >= 11 is 1.54. The van der Waals surface area contributed by atoms with E-state index in [2.05, 4.69) is 24.0 Å². The maximum absolute atomic E-state index is 5.68. The second-order valence-corrected chi connectivity index (χ2v) is 6.38. The van der Waals surface area contributed by atoms with Crippen LogP contribution in [0.3, 0.4) is 0 Å². The summed E-state index contributed by atoms with van der Waals surface area (Å²) in [6.45, 7) is 7.96. The Balaban J connectivity index is 1.78. The van der Waals surface area contributed by atoms with Crippen LogP contribution >= 0.6 is 11.8 Å². The molecule has 0 fully saturated rings. The van der Waals surface area contributed by atoms with E-state index in [4.69, 9.17) is 9.15 Å². The molecule has 2 aromatic rings. The normalized spacial score (nSPS) is 11.2. The van der Waals surface area contributed by atoms with Crippen molar-refractivity contribution in [1.29, 1.82) is 0 Å². The van der Waals surface area contributed by atoms with E-state index in [0.717, 1.165) is 29.9 Å². The molecule has 5 heteroatoms. The van der Waals surface area contributed by atoms with Crippen LogP contribution in [0.5, 0.6) is 0 Å². The first-order valence-electron chi connectivity index (χ1n) is 7.27. The third-order valence-electron chi connectivity index (χ3n) is 3.07. The molecule has 114 valence electrons. The average Bonchev–Trinajstić information content (AvgIpc) is 2.91. The second-order valence-electron chi connectivity index (χ2n) is 5.33. The molecule has 1 aromatic carbocycles. The molecule has 0 saturated carbocycles. The van der Waals surface area contributed by atoms with Crippen LogP contribution < -0.4 is 0 Å². The summed E-state index contributed by atoms with van der Waals surface area (Å²) < 4.78 is 11.2. The van der Waals surface area contributed by atoms with Crippen molar-refractivity contribution < 1.29 is 9.15 Å². The van der Waals surface area contributed by atoms with E-state index in [9.17, 15) is 0 Å². The summed E-state index contributed by atoms with van der Waals surface area (Å²) in [5.41, 5.74) is 2.12. The lowest BCUT2D eigenvalue weighted by Gasteiger charge is -2.04. The van der Waals surface area contributed by atoms with Gasteiger partial charge in [-0.2, -0.15) is 0 Å². The van der Waals surface area contributed by atoms with Gasteiger partial charge in [-0.05, 0) is 30.9 Å². The van der Waals surface area contributed by atoms with Gasteiger partial charge in [0.15, 0.2) is 0 Å². The zero-order valence-electron chi connectivity index (χ0n) is 12.8. The fraction of sp³-hybridized carbons (Fsp3) is 0.500. The monoisotopic (exact) mass is 306 g/mol. The van der Waals surface area contributed by atoms with E-state index >= 15 is 0 Å². The van der Waals surface area contributed by atoms with Crippen molar-refractivity contribution in [2.45, 2.75) is 32.4 Å². The third-order valence-corrected chi connectivity index (χ3v) is 3.86. The van der Waals surface area contributed by atoms with Gasteiger partial charge < -0.3 is 9.15 Å². The highest BCUT2D eigenvalue weighted by molar-refractivity contribution is 7.99. The lowest BCUT2D eigenvalue weighted by Crippen LogP contribution is -2.02. The van der Waals surface area contributed by atoms with Crippen molar-refractivity contribution in [2.75, 3.05) is 19.0 Å². The van der Waals surface area contributed by atoms with Gasteiger partial charge in [-0.25, -0.2) is 0 Å². The van der Waals surface area contributed by atoms with Gasteiger partial charge in [-0.3, -0.25) is 0 Å². The third kappa shape index (κ3) is 5.17. The van der Waals surface area contributed by atoms with Crippen molar-refractivity contribution in [1.82, 2.24) is 10.2 Å². The molecule has 0 radical (unpaired) electrons. The number of aryl methyl sites for hydroxylation is 1. The number of aromatic nitrogens is 2. The van der Waals surface area contributed by atoms with Gasteiger partial charge in [0.2, 0.25) is 5.89 Å². The molecule has 1 aromatic heterocycles. The largest absolute Gasteiger partial charge is 0.411 e. The van der Waals surface area contributed by atoms with Crippen LogP contribution in [0.25, 0.3) is 11.5 Å². The van der Waals surface area contributed by atoms with Gasteiger partial charge in [-0.15, -0.1) is 10.2 Å². The number of rotatable bonds is 8. The molecule has 0 unspecified atom stereocenters. The van der Waals surface area contributed by atoms with Crippen molar-refractivity contribution in [3.8, 4) is 11.5 Å². The molecule has 4 nitrogen and oxygen atoms in total. The molecule has 0 atom stereocenters. The van der Waals surface area contributed by atoms with Crippen LogP contribution in [0.4, 0.5) is 0 Å². The van der Waals surface area contributed by atoms with Crippen molar-refractivity contribution >= 4 is 11.8 Å². The topological polar surface area (TPSA) is 48.2 Å². The molecule has 0 bridgehead atoms. The Morgan fingerprint density at radius 3 is 2.76 bits per heavy atom. The molecule has 1 heterocycles. The lowest BCUT2D eigenvalue weighted by molar-refractivity contribution is 0.138. The molecule has 0 aliphatic rings. The summed E-state index contributed by atoms with van der Waals surface area (Å²) in [6.07, 6.45) is 1.10. The van der Waals surface area contributed by atoms with Crippen LogP contribution in [-0.4, -0.2) is 29.2 Å². The first-order chi connectivity index (χ1) is 10.2. The molecular formula is C16H22N2O2S. The van der Waals surface area contributed by atoms with Gasteiger partial charge in [-0.1, -0.05) is 43.8 Å². The number of hydrogen-bond donors (Lipinski definition) is 0. The zero-order chi connectivity index (χ0) is 15.1. The van der Waals surface area contributed by atoms with E-state index in [-0.39, 0.29) is 0 Å². The highest BCUT2D eigenvalue weighted by Crippen LogP contribution is 2.25. The quantitative estimate of drug-likeness (QED) is 0.540.